The Morgan fingerprint density at radius 2 is 2.00 bits per heavy atom. The highest BCUT2D eigenvalue weighted by atomic mass is 19.1. The van der Waals surface area contributed by atoms with Crippen LogP contribution in [-0.4, -0.2) is 35.1 Å². The summed E-state index contributed by atoms with van der Waals surface area (Å²) in [7, 11) is 0. The number of nitrogens with one attached hydrogen (secondary N) is 1. The summed E-state index contributed by atoms with van der Waals surface area (Å²) in [6.45, 7) is 4.34. The Morgan fingerprint density at radius 3 is 2.55 bits per heavy atom. The van der Waals surface area contributed by atoms with Crippen LogP contribution in [0.2, 0.25) is 0 Å². The number of nitrogens with zero attached hydrogens (tertiary/aromatic N) is 1. The van der Waals surface area contributed by atoms with E-state index in [9.17, 15) is 14.0 Å². The number of carboxylic acid groups (broad SMARTS) is 1. The quantitative estimate of drug-likeness (QED) is 0.902. The number of hydrogen-bond donors (Lipinski definition) is 2. The van der Waals surface area contributed by atoms with Gasteiger partial charge in [0, 0.05) is 13.1 Å². The average molecular weight is 308 g/mol. The third-order valence-corrected chi connectivity index (χ3v) is 4.17. The molecule has 1 aromatic rings. The fourth-order valence-corrected chi connectivity index (χ4v) is 2.57. The summed E-state index contributed by atoms with van der Waals surface area (Å²) in [5, 5.41) is 11.8. The van der Waals surface area contributed by atoms with Crippen LogP contribution in [0.15, 0.2) is 18.2 Å². The molecule has 1 fully saturated rings. The molecule has 6 heteroatoms. The first-order chi connectivity index (χ1) is 10.4. The fourth-order valence-electron chi connectivity index (χ4n) is 2.57. The average Bonchev–Trinajstić information content (AvgIpc) is 2.50. The summed E-state index contributed by atoms with van der Waals surface area (Å²) in [6, 6.07) is 4.36. The maximum atomic E-state index is 13.6. The number of likely N-dealkylation sites (tertiary alicyclic amines) is 1. The summed E-state index contributed by atoms with van der Waals surface area (Å²) in [5.41, 5.74) is 1.27. The van der Waals surface area contributed by atoms with Gasteiger partial charge in [0.2, 0.25) is 0 Å². The number of urea groups is 1. The van der Waals surface area contributed by atoms with Crippen LogP contribution >= 0.6 is 0 Å². The number of hydrogen-bond acceptors (Lipinski definition) is 2. The molecule has 0 unspecified atom stereocenters. The van der Waals surface area contributed by atoms with Gasteiger partial charge in [-0.25, -0.2) is 9.18 Å². The number of carbonyl (C=O) groups excluding carboxylic acids is 1. The van der Waals surface area contributed by atoms with Crippen molar-refractivity contribution in [3.8, 4) is 0 Å². The first-order valence-electron chi connectivity index (χ1n) is 7.42. The van der Waals surface area contributed by atoms with Gasteiger partial charge in [-0.15, -0.1) is 0 Å². The minimum Gasteiger partial charge on any atom is -0.481 e. The molecule has 1 aliphatic rings. The number of amides is 2. The minimum atomic E-state index is -0.802. The first kappa shape index (κ1) is 16.3. The van der Waals surface area contributed by atoms with E-state index in [4.69, 9.17) is 5.11 Å². The van der Waals surface area contributed by atoms with E-state index in [1.54, 1.807) is 30.9 Å². The number of rotatable bonds is 3. The van der Waals surface area contributed by atoms with E-state index in [0.29, 0.717) is 37.1 Å². The van der Waals surface area contributed by atoms with E-state index in [-0.39, 0.29) is 23.8 Å². The molecule has 1 atom stereocenters. The summed E-state index contributed by atoms with van der Waals surface area (Å²) >= 11 is 0. The van der Waals surface area contributed by atoms with Gasteiger partial charge in [0.05, 0.1) is 12.0 Å². The molecular weight excluding hydrogens is 287 g/mol. The molecule has 1 aliphatic heterocycles. The lowest BCUT2D eigenvalue weighted by molar-refractivity contribution is -0.143. The maximum Gasteiger partial charge on any atom is 0.317 e. The zero-order chi connectivity index (χ0) is 16.3. The third-order valence-electron chi connectivity index (χ3n) is 4.17. The number of carbonyl (C=O) groups is 2. The van der Waals surface area contributed by atoms with E-state index in [1.165, 1.54) is 6.07 Å². The lowest BCUT2D eigenvalue weighted by Gasteiger charge is -2.31. The summed E-state index contributed by atoms with van der Waals surface area (Å²) in [6.07, 6.45) is 0.937. The molecule has 2 amide bonds. The zero-order valence-corrected chi connectivity index (χ0v) is 12.8. The Bertz CT molecular complexity index is 569. The van der Waals surface area contributed by atoms with Crippen molar-refractivity contribution >= 4 is 12.0 Å². The van der Waals surface area contributed by atoms with Crippen LogP contribution in [0.4, 0.5) is 9.18 Å². The summed E-state index contributed by atoms with van der Waals surface area (Å²) < 4.78 is 13.6. The fraction of sp³-hybridized carbons (Fsp3) is 0.500. The van der Waals surface area contributed by atoms with E-state index < -0.39 is 5.97 Å². The van der Waals surface area contributed by atoms with Crippen molar-refractivity contribution in [2.24, 2.45) is 5.92 Å². The van der Waals surface area contributed by atoms with Crippen LogP contribution in [0.3, 0.4) is 0 Å². The molecule has 1 heterocycles. The Kier molecular flexibility index (Phi) is 5.00. The molecule has 1 aromatic carbocycles. The molecule has 0 saturated carbocycles. The number of carboxylic acids is 1. The van der Waals surface area contributed by atoms with Gasteiger partial charge in [-0.2, -0.15) is 0 Å². The van der Waals surface area contributed by atoms with Gasteiger partial charge in [0.1, 0.15) is 5.82 Å². The molecule has 120 valence electrons. The maximum absolute atomic E-state index is 13.6. The second kappa shape index (κ2) is 6.77. The van der Waals surface area contributed by atoms with Crippen molar-refractivity contribution in [3.05, 3.63) is 35.1 Å². The zero-order valence-electron chi connectivity index (χ0n) is 12.8. The van der Waals surface area contributed by atoms with Gasteiger partial charge in [0.15, 0.2) is 0 Å². The van der Waals surface area contributed by atoms with Crippen molar-refractivity contribution in [1.82, 2.24) is 10.2 Å². The molecule has 0 aliphatic carbocycles. The molecule has 5 nitrogen and oxygen atoms in total. The van der Waals surface area contributed by atoms with Gasteiger partial charge < -0.3 is 15.3 Å². The predicted octanol–water partition coefficient (Wildman–Crippen LogP) is 2.70. The molecular formula is C16H21FN2O3. The van der Waals surface area contributed by atoms with E-state index in [0.717, 1.165) is 0 Å². The van der Waals surface area contributed by atoms with Gasteiger partial charge >= 0.3 is 12.0 Å². The highest BCUT2D eigenvalue weighted by Crippen LogP contribution is 2.19. The number of aryl methyl sites for hydroxylation is 1. The van der Waals surface area contributed by atoms with Crippen LogP contribution in [0.1, 0.15) is 36.9 Å². The van der Waals surface area contributed by atoms with E-state index in [1.807, 2.05) is 0 Å². The predicted molar refractivity (Wildman–Crippen MR) is 80.0 cm³/mol. The molecule has 0 radical (unpaired) electrons. The third kappa shape index (κ3) is 3.75. The largest absolute Gasteiger partial charge is 0.481 e. The molecule has 0 bridgehead atoms. The normalized spacial score (nSPS) is 17.1. The summed E-state index contributed by atoms with van der Waals surface area (Å²) in [5.74, 6) is -1.46. The standard InChI is InChI=1S/C16H21FN2O3/c1-10-3-4-13(9-14(10)17)11(2)18-16(22)19-7-5-12(6-8-19)15(20)21/h3-4,9,11-12H,5-8H2,1-2H3,(H,18,22)(H,20,21)/t11-/m1/s1. The Labute approximate surface area is 129 Å². The van der Waals surface area contributed by atoms with Crippen LogP contribution < -0.4 is 5.32 Å². The van der Waals surface area contributed by atoms with E-state index >= 15 is 0 Å². The smallest absolute Gasteiger partial charge is 0.317 e. The number of benzene rings is 1. The highest BCUT2D eigenvalue weighted by Gasteiger charge is 2.27. The number of halogens is 1. The van der Waals surface area contributed by atoms with E-state index in [2.05, 4.69) is 5.32 Å². The Balaban J connectivity index is 1.91. The van der Waals surface area contributed by atoms with Crippen LogP contribution in [0, 0.1) is 18.7 Å². The second-order valence-corrected chi connectivity index (χ2v) is 5.78. The Hall–Kier alpha value is -2.11. The lowest BCUT2D eigenvalue weighted by Crippen LogP contribution is -2.46. The molecule has 0 aromatic heterocycles. The van der Waals surface area contributed by atoms with Gasteiger partial charge in [0.25, 0.3) is 0 Å². The SMILES string of the molecule is Cc1ccc([C@@H](C)NC(=O)N2CCC(C(=O)O)CC2)cc1F. The van der Waals surface area contributed by atoms with Gasteiger partial charge in [-0.1, -0.05) is 12.1 Å². The van der Waals surface area contributed by atoms with Crippen LogP contribution in [0.5, 0.6) is 0 Å². The lowest BCUT2D eigenvalue weighted by atomic mass is 9.97. The second-order valence-electron chi connectivity index (χ2n) is 5.78. The highest BCUT2D eigenvalue weighted by molar-refractivity contribution is 5.75. The molecule has 2 rings (SSSR count). The van der Waals surface area contributed by atoms with Crippen molar-refractivity contribution in [2.75, 3.05) is 13.1 Å². The number of piperidine rings is 1. The number of aliphatic carboxylic acids is 1. The van der Waals surface area contributed by atoms with Gasteiger partial charge in [-0.3, -0.25) is 4.79 Å². The van der Waals surface area contributed by atoms with Crippen molar-refractivity contribution in [1.29, 1.82) is 0 Å². The van der Waals surface area contributed by atoms with Crippen LogP contribution in [-0.2, 0) is 4.79 Å². The van der Waals surface area contributed by atoms with Gasteiger partial charge in [-0.05, 0) is 43.9 Å². The molecule has 0 spiro atoms. The topological polar surface area (TPSA) is 69.6 Å². The molecule has 1 saturated heterocycles. The minimum absolute atomic E-state index is 0.239. The molecule has 2 N–H and O–H groups in total. The van der Waals surface area contributed by atoms with Crippen LogP contribution in [0.25, 0.3) is 0 Å². The van der Waals surface area contributed by atoms with Crippen molar-refractivity contribution in [2.45, 2.75) is 32.7 Å². The van der Waals surface area contributed by atoms with Crippen molar-refractivity contribution < 1.29 is 19.1 Å². The molecule has 22 heavy (non-hydrogen) atoms. The summed E-state index contributed by atoms with van der Waals surface area (Å²) in [4.78, 5) is 24.7. The van der Waals surface area contributed by atoms with Crippen molar-refractivity contribution in [3.63, 3.8) is 0 Å². The first-order valence-corrected chi connectivity index (χ1v) is 7.42. The monoisotopic (exact) mass is 308 g/mol. The Morgan fingerprint density at radius 1 is 1.36 bits per heavy atom.